The predicted octanol–water partition coefficient (Wildman–Crippen LogP) is 3.09. The number of fused-ring (bicyclic) bond motifs is 2. The Morgan fingerprint density at radius 2 is 1.90 bits per heavy atom. The van der Waals surface area contributed by atoms with Gasteiger partial charge in [0.15, 0.2) is 0 Å². The topological polar surface area (TPSA) is 29.9 Å². The van der Waals surface area contributed by atoms with Gasteiger partial charge >= 0.3 is 0 Å². The molecule has 0 saturated heterocycles. The van der Waals surface area contributed by atoms with E-state index in [1.54, 1.807) is 0 Å². The summed E-state index contributed by atoms with van der Waals surface area (Å²) in [6.07, 6.45) is 3.04. The molecular weight excluding hydrogens is 246 g/mol. The van der Waals surface area contributed by atoms with Gasteiger partial charge in [0.2, 0.25) is 0 Å². The van der Waals surface area contributed by atoms with Gasteiger partial charge in [0.25, 0.3) is 0 Å². The number of nitrogens with one attached hydrogen (secondary N) is 1. The molecule has 20 heavy (non-hydrogen) atoms. The standard InChI is InChI=1S/C17H17N3/c1-18-17-13-7-3-2-6-12(13)10-16(17)20-11-19-14-8-4-5-9-15(14)20/h2-9,11,16-18H,10H2,1H3. The smallest absolute Gasteiger partial charge is 0.0961 e. The van der Waals surface area contributed by atoms with Gasteiger partial charge in [-0.3, -0.25) is 0 Å². The third-order valence-corrected chi connectivity index (χ3v) is 4.35. The van der Waals surface area contributed by atoms with E-state index in [0.717, 1.165) is 11.9 Å². The summed E-state index contributed by atoms with van der Waals surface area (Å²) in [6, 6.07) is 17.8. The summed E-state index contributed by atoms with van der Waals surface area (Å²) in [5.41, 5.74) is 5.14. The van der Waals surface area contributed by atoms with Crippen LogP contribution >= 0.6 is 0 Å². The number of likely N-dealkylation sites (N-methyl/N-ethyl adjacent to an activating group) is 1. The van der Waals surface area contributed by atoms with Gasteiger partial charge in [-0.2, -0.15) is 0 Å². The van der Waals surface area contributed by atoms with Gasteiger partial charge in [0.1, 0.15) is 0 Å². The maximum atomic E-state index is 4.53. The highest BCUT2D eigenvalue weighted by atomic mass is 15.1. The van der Waals surface area contributed by atoms with Crippen LogP contribution in [0.3, 0.4) is 0 Å². The van der Waals surface area contributed by atoms with Crippen molar-refractivity contribution in [3.8, 4) is 0 Å². The van der Waals surface area contributed by atoms with Crippen LogP contribution in [0.15, 0.2) is 54.9 Å². The van der Waals surface area contributed by atoms with Crippen LogP contribution in [-0.2, 0) is 6.42 Å². The molecule has 3 nitrogen and oxygen atoms in total. The number of benzene rings is 2. The molecule has 1 N–H and O–H groups in total. The fourth-order valence-corrected chi connectivity index (χ4v) is 3.42. The second kappa shape index (κ2) is 4.46. The van der Waals surface area contributed by atoms with Gasteiger partial charge in [0.05, 0.1) is 29.4 Å². The zero-order chi connectivity index (χ0) is 13.5. The lowest BCUT2D eigenvalue weighted by Crippen LogP contribution is -2.24. The Bertz CT molecular complexity index is 760. The lowest BCUT2D eigenvalue weighted by molar-refractivity contribution is 0.410. The van der Waals surface area contributed by atoms with Crippen LogP contribution in [-0.4, -0.2) is 16.6 Å². The minimum absolute atomic E-state index is 0.351. The van der Waals surface area contributed by atoms with E-state index in [-0.39, 0.29) is 0 Å². The molecule has 0 bridgehead atoms. The Kier molecular flexibility index (Phi) is 2.60. The molecule has 1 aromatic heterocycles. The van der Waals surface area contributed by atoms with E-state index in [1.165, 1.54) is 16.6 Å². The SMILES string of the molecule is CNC1c2ccccc2CC1n1cnc2ccccc21. The fraction of sp³-hybridized carbons (Fsp3) is 0.235. The van der Waals surface area contributed by atoms with E-state index in [4.69, 9.17) is 0 Å². The monoisotopic (exact) mass is 263 g/mol. The molecule has 2 aromatic carbocycles. The summed E-state index contributed by atoms with van der Waals surface area (Å²) < 4.78 is 2.32. The number of para-hydroxylation sites is 2. The maximum absolute atomic E-state index is 4.53. The summed E-state index contributed by atoms with van der Waals surface area (Å²) in [5.74, 6) is 0. The largest absolute Gasteiger partial charge is 0.325 e. The lowest BCUT2D eigenvalue weighted by Gasteiger charge is -2.22. The number of hydrogen-bond acceptors (Lipinski definition) is 2. The summed E-state index contributed by atoms with van der Waals surface area (Å²) >= 11 is 0. The number of rotatable bonds is 2. The highest BCUT2D eigenvalue weighted by Gasteiger charge is 2.32. The van der Waals surface area contributed by atoms with Crippen LogP contribution in [0.25, 0.3) is 11.0 Å². The predicted molar refractivity (Wildman–Crippen MR) is 80.7 cm³/mol. The van der Waals surface area contributed by atoms with E-state index in [2.05, 4.69) is 57.3 Å². The summed E-state index contributed by atoms with van der Waals surface area (Å²) in [7, 11) is 2.04. The highest BCUT2D eigenvalue weighted by molar-refractivity contribution is 5.75. The van der Waals surface area contributed by atoms with E-state index >= 15 is 0 Å². The van der Waals surface area contributed by atoms with Crippen molar-refractivity contribution in [3.63, 3.8) is 0 Å². The first-order valence-corrected chi connectivity index (χ1v) is 7.05. The maximum Gasteiger partial charge on any atom is 0.0961 e. The van der Waals surface area contributed by atoms with Gasteiger partial charge < -0.3 is 9.88 Å². The zero-order valence-corrected chi connectivity index (χ0v) is 11.5. The first-order chi connectivity index (χ1) is 9.88. The lowest BCUT2D eigenvalue weighted by atomic mass is 10.1. The number of imidazole rings is 1. The molecule has 3 aromatic rings. The van der Waals surface area contributed by atoms with Gasteiger partial charge in [-0.1, -0.05) is 36.4 Å². The summed E-state index contributed by atoms with van der Waals surface area (Å²) in [5, 5.41) is 3.47. The quantitative estimate of drug-likeness (QED) is 0.770. The van der Waals surface area contributed by atoms with E-state index in [1.807, 2.05) is 19.4 Å². The molecule has 3 heteroatoms. The van der Waals surface area contributed by atoms with Gasteiger partial charge in [0, 0.05) is 0 Å². The molecule has 0 radical (unpaired) electrons. The normalized spacial score (nSPS) is 21.2. The molecule has 0 amide bonds. The Labute approximate surface area is 118 Å². The zero-order valence-electron chi connectivity index (χ0n) is 11.5. The van der Waals surface area contributed by atoms with E-state index < -0.39 is 0 Å². The molecule has 1 aliphatic carbocycles. The van der Waals surface area contributed by atoms with Crippen molar-refractivity contribution < 1.29 is 0 Å². The van der Waals surface area contributed by atoms with Crippen molar-refractivity contribution in [2.45, 2.75) is 18.5 Å². The molecule has 2 atom stereocenters. The minimum Gasteiger partial charge on any atom is -0.325 e. The van der Waals surface area contributed by atoms with E-state index in [0.29, 0.717) is 12.1 Å². The molecule has 2 unspecified atom stereocenters. The highest BCUT2D eigenvalue weighted by Crippen LogP contribution is 2.40. The minimum atomic E-state index is 0.351. The van der Waals surface area contributed by atoms with Crippen molar-refractivity contribution in [3.05, 3.63) is 66.0 Å². The molecule has 0 aliphatic heterocycles. The molecule has 1 aliphatic rings. The average molecular weight is 263 g/mol. The molecule has 100 valence electrons. The van der Waals surface area contributed by atoms with Crippen molar-refractivity contribution in [1.29, 1.82) is 0 Å². The third kappa shape index (κ3) is 1.60. The molecule has 0 saturated carbocycles. The van der Waals surface area contributed by atoms with Crippen molar-refractivity contribution in [1.82, 2.24) is 14.9 Å². The van der Waals surface area contributed by atoms with Crippen LogP contribution in [0.4, 0.5) is 0 Å². The van der Waals surface area contributed by atoms with Crippen molar-refractivity contribution in [2.24, 2.45) is 0 Å². The molecular formula is C17H17N3. The fourth-order valence-electron chi connectivity index (χ4n) is 3.42. The van der Waals surface area contributed by atoms with Gasteiger partial charge in [-0.15, -0.1) is 0 Å². The average Bonchev–Trinajstić information content (AvgIpc) is 3.07. The second-order valence-corrected chi connectivity index (χ2v) is 5.38. The first kappa shape index (κ1) is 11.7. The van der Waals surface area contributed by atoms with Crippen LogP contribution in [0, 0.1) is 0 Å². The van der Waals surface area contributed by atoms with Crippen LogP contribution < -0.4 is 5.32 Å². The Morgan fingerprint density at radius 3 is 2.80 bits per heavy atom. The number of nitrogens with zero attached hydrogens (tertiary/aromatic N) is 2. The second-order valence-electron chi connectivity index (χ2n) is 5.38. The molecule has 4 rings (SSSR count). The van der Waals surface area contributed by atoms with E-state index in [9.17, 15) is 0 Å². The Hall–Kier alpha value is -2.13. The van der Waals surface area contributed by atoms with Gasteiger partial charge in [-0.05, 0) is 36.7 Å². The van der Waals surface area contributed by atoms with Crippen LogP contribution in [0.1, 0.15) is 23.2 Å². The van der Waals surface area contributed by atoms with Crippen LogP contribution in [0.5, 0.6) is 0 Å². The molecule has 1 heterocycles. The van der Waals surface area contributed by atoms with Crippen LogP contribution in [0.2, 0.25) is 0 Å². The third-order valence-electron chi connectivity index (χ3n) is 4.35. The summed E-state index contributed by atoms with van der Waals surface area (Å²) in [6.45, 7) is 0. The van der Waals surface area contributed by atoms with Gasteiger partial charge in [-0.25, -0.2) is 4.98 Å². The Balaban J connectivity index is 1.84. The molecule has 0 spiro atoms. The molecule has 0 fully saturated rings. The summed E-state index contributed by atoms with van der Waals surface area (Å²) in [4.78, 5) is 4.53. The number of hydrogen-bond donors (Lipinski definition) is 1. The van der Waals surface area contributed by atoms with Crippen molar-refractivity contribution >= 4 is 11.0 Å². The Morgan fingerprint density at radius 1 is 1.10 bits per heavy atom. The van der Waals surface area contributed by atoms with Crippen molar-refractivity contribution in [2.75, 3.05) is 7.05 Å². The first-order valence-electron chi connectivity index (χ1n) is 7.05. The number of aromatic nitrogens is 2.